The topological polar surface area (TPSA) is 50.2 Å². The number of fused-ring (bicyclic) bond motifs is 1. The van der Waals surface area contributed by atoms with Crippen LogP contribution < -0.4 is 5.32 Å². The first-order chi connectivity index (χ1) is 10.6. The Labute approximate surface area is 137 Å². The Morgan fingerprint density at radius 2 is 2.18 bits per heavy atom. The van der Waals surface area contributed by atoms with Gasteiger partial charge in [-0.15, -0.1) is 11.3 Å². The van der Waals surface area contributed by atoms with Gasteiger partial charge in [0.2, 0.25) is 0 Å². The average Bonchev–Trinajstić information content (AvgIpc) is 2.91. The van der Waals surface area contributed by atoms with Gasteiger partial charge in [0.05, 0.1) is 15.2 Å². The number of nitrogens with one attached hydrogen (secondary N) is 1. The molecule has 0 amide bonds. The molecule has 0 aliphatic rings. The molecule has 1 N–H and O–H groups in total. The highest BCUT2D eigenvalue weighted by Gasteiger charge is 2.14. The standard InChI is InChI=1S/C16H13ClN4S/c1-9-5-4-6-11(17)13(9)16-21-12-7-8-19-15(14(12)22-16)20-10(2)18-3/h4-8H,2-3H2,1H3,(H,19,20). The minimum atomic E-state index is 0.448. The molecule has 2 aromatic heterocycles. The zero-order valence-corrected chi connectivity index (χ0v) is 13.5. The van der Waals surface area contributed by atoms with Crippen LogP contribution in [0.3, 0.4) is 0 Å². The predicted molar refractivity (Wildman–Crippen MR) is 94.9 cm³/mol. The molecule has 0 saturated carbocycles. The van der Waals surface area contributed by atoms with Gasteiger partial charge in [-0.05, 0) is 31.3 Å². The molecule has 6 heteroatoms. The summed E-state index contributed by atoms with van der Waals surface area (Å²) in [6, 6.07) is 7.70. The van der Waals surface area contributed by atoms with E-state index in [0.29, 0.717) is 16.7 Å². The quantitative estimate of drug-likeness (QED) is 0.693. The molecule has 0 saturated heterocycles. The van der Waals surface area contributed by atoms with E-state index in [0.717, 1.165) is 26.4 Å². The molecule has 22 heavy (non-hydrogen) atoms. The van der Waals surface area contributed by atoms with Crippen LogP contribution in [-0.4, -0.2) is 16.7 Å². The molecule has 0 atom stereocenters. The van der Waals surface area contributed by atoms with Crippen LogP contribution in [0.1, 0.15) is 5.56 Å². The van der Waals surface area contributed by atoms with Gasteiger partial charge < -0.3 is 5.32 Å². The van der Waals surface area contributed by atoms with Crippen molar-refractivity contribution in [2.24, 2.45) is 4.99 Å². The second-order valence-corrected chi connectivity index (χ2v) is 6.09. The van der Waals surface area contributed by atoms with E-state index in [1.165, 1.54) is 11.3 Å². The Morgan fingerprint density at radius 1 is 1.36 bits per heavy atom. The molecule has 0 fully saturated rings. The summed E-state index contributed by atoms with van der Waals surface area (Å²) >= 11 is 7.87. The molecule has 0 aliphatic heterocycles. The van der Waals surface area contributed by atoms with Gasteiger partial charge in [0, 0.05) is 11.8 Å². The molecule has 0 unspecified atom stereocenters. The van der Waals surface area contributed by atoms with Gasteiger partial charge in [-0.25, -0.2) is 15.0 Å². The fourth-order valence-corrected chi connectivity index (χ4v) is 3.63. The third-order valence-electron chi connectivity index (χ3n) is 3.19. The Hall–Kier alpha value is -2.24. The van der Waals surface area contributed by atoms with Crippen molar-refractivity contribution in [1.29, 1.82) is 0 Å². The van der Waals surface area contributed by atoms with Crippen molar-refractivity contribution in [2.75, 3.05) is 5.32 Å². The third kappa shape index (κ3) is 2.61. The molecular formula is C16H13ClN4S. The molecule has 4 nitrogen and oxygen atoms in total. The van der Waals surface area contributed by atoms with Gasteiger partial charge in [0.15, 0.2) is 5.82 Å². The van der Waals surface area contributed by atoms with Gasteiger partial charge in [0.25, 0.3) is 0 Å². The van der Waals surface area contributed by atoms with Crippen LogP contribution in [-0.2, 0) is 0 Å². The van der Waals surface area contributed by atoms with Crippen molar-refractivity contribution < 1.29 is 0 Å². The zero-order valence-electron chi connectivity index (χ0n) is 11.9. The highest BCUT2D eigenvalue weighted by Crippen LogP contribution is 2.38. The minimum absolute atomic E-state index is 0.448. The number of aryl methyl sites for hydroxylation is 1. The molecule has 1 aromatic carbocycles. The highest BCUT2D eigenvalue weighted by atomic mass is 35.5. The smallest absolute Gasteiger partial charge is 0.151 e. The lowest BCUT2D eigenvalue weighted by molar-refractivity contribution is 1.26. The lowest BCUT2D eigenvalue weighted by Crippen LogP contribution is -1.97. The van der Waals surface area contributed by atoms with Gasteiger partial charge in [-0.3, -0.25) is 0 Å². The maximum atomic E-state index is 6.34. The normalized spacial score (nSPS) is 10.6. The van der Waals surface area contributed by atoms with Gasteiger partial charge in [-0.1, -0.05) is 30.3 Å². The summed E-state index contributed by atoms with van der Waals surface area (Å²) in [6.07, 6.45) is 1.70. The summed E-state index contributed by atoms with van der Waals surface area (Å²) in [5.41, 5.74) is 2.90. The first-order valence-corrected chi connectivity index (χ1v) is 7.73. The summed E-state index contributed by atoms with van der Waals surface area (Å²) in [4.78, 5) is 12.8. The molecule has 0 radical (unpaired) electrons. The van der Waals surface area contributed by atoms with Crippen molar-refractivity contribution >= 4 is 45.7 Å². The first kappa shape index (κ1) is 14.7. The Morgan fingerprint density at radius 3 is 2.91 bits per heavy atom. The van der Waals surface area contributed by atoms with Gasteiger partial charge in [0.1, 0.15) is 10.8 Å². The lowest BCUT2D eigenvalue weighted by atomic mass is 10.1. The van der Waals surface area contributed by atoms with Gasteiger partial charge in [-0.2, -0.15) is 0 Å². The first-order valence-electron chi connectivity index (χ1n) is 6.54. The molecular weight excluding hydrogens is 316 g/mol. The summed E-state index contributed by atoms with van der Waals surface area (Å²) in [5, 5.41) is 4.59. The van der Waals surface area contributed by atoms with E-state index in [1.807, 2.05) is 31.2 Å². The molecule has 0 spiro atoms. The largest absolute Gasteiger partial charge is 0.324 e. The van der Waals surface area contributed by atoms with Crippen LogP contribution in [0.4, 0.5) is 5.82 Å². The third-order valence-corrected chi connectivity index (χ3v) is 4.60. The molecule has 0 bridgehead atoms. The Kier molecular flexibility index (Phi) is 3.92. The molecule has 3 aromatic rings. The zero-order chi connectivity index (χ0) is 15.7. The number of pyridine rings is 1. The fourth-order valence-electron chi connectivity index (χ4n) is 2.13. The molecule has 0 aliphatic carbocycles. The number of nitrogens with zero attached hydrogens (tertiary/aromatic N) is 3. The maximum Gasteiger partial charge on any atom is 0.151 e. The molecule has 110 valence electrons. The van der Waals surface area contributed by atoms with E-state index in [4.69, 9.17) is 11.6 Å². The molecule has 3 rings (SSSR count). The fraction of sp³-hybridized carbons (Fsp3) is 0.0625. The predicted octanol–water partition coefficient (Wildman–Crippen LogP) is 4.90. The summed E-state index contributed by atoms with van der Waals surface area (Å²) in [5.74, 6) is 1.12. The number of benzene rings is 1. The van der Waals surface area contributed by atoms with Crippen molar-refractivity contribution in [3.8, 4) is 10.6 Å². The molecule has 2 heterocycles. The second kappa shape index (κ2) is 5.87. The SMILES string of the molecule is C=NC(=C)Nc1nccc2nc(-c3c(C)cccc3Cl)sc12. The number of hydrogen-bond acceptors (Lipinski definition) is 5. The maximum absolute atomic E-state index is 6.34. The van der Waals surface area contributed by atoms with E-state index in [-0.39, 0.29) is 0 Å². The van der Waals surface area contributed by atoms with E-state index >= 15 is 0 Å². The Balaban J connectivity index is 2.16. The van der Waals surface area contributed by atoms with Crippen molar-refractivity contribution in [2.45, 2.75) is 6.92 Å². The van der Waals surface area contributed by atoms with Crippen LogP contribution in [0.25, 0.3) is 20.8 Å². The lowest BCUT2D eigenvalue weighted by Gasteiger charge is -2.04. The van der Waals surface area contributed by atoms with Crippen LogP contribution in [0.2, 0.25) is 5.02 Å². The van der Waals surface area contributed by atoms with Crippen molar-refractivity contribution in [3.05, 3.63) is 53.4 Å². The summed E-state index contributed by atoms with van der Waals surface area (Å²) in [6.45, 7) is 9.22. The number of aromatic nitrogens is 2. The van der Waals surface area contributed by atoms with Crippen LogP contribution in [0.5, 0.6) is 0 Å². The number of anilines is 1. The van der Waals surface area contributed by atoms with Crippen LogP contribution >= 0.6 is 22.9 Å². The van der Waals surface area contributed by atoms with Crippen molar-refractivity contribution in [1.82, 2.24) is 9.97 Å². The van der Waals surface area contributed by atoms with Crippen LogP contribution in [0.15, 0.2) is 47.9 Å². The number of hydrogen-bond donors (Lipinski definition) is 1. The minimum Gasteiger partial charge on any atom is -0.324 e. The number of aliphatic imine (C=N–C) groups is 1. The highest BCUT2D eigenvalue weighted by molar-refractivity contribution is 7.22. The van der Waals surface area contributed by atoms with Crippen molar-refractivity contribution in [3.63, 3.8) is 0 Å². The second-order valence-electron chi connectivity index (χ2n) is 4.69. The number of rotatable bonds is 4. The van der Waals surface area contributed by atoms with E-state index in [2.05, 4.69) is 33.6 Å². The number of thiazole rings is 1. The monoisotopic (exact) mass is 328 g/mol. The van der Waals surface area contributed by atoms with E-state index in [9.17, 15) is 0 Å². The summed E-state index contributed by atoms with van der Waals surface area (Å²) < 4.78 is 0.932. The number of halogens is 1. The van der Waals surface area contributed by atoms with E-state index < -0.39 is 0 Å². The summed E-state index contributed by atoms with van der Waals surface area (Å²) in [7, 11) is 0. The Bertz CT molecular complexity index is 865. The average molecular weight is 329 g/mol. The van der Waals surface area contributed by atoms with Crippen LogP contribution in [0, 0.1) is 6.92 Å². The van der Waals surface area contributed by atoms with Gasteiger partial charge >= 0.3 is 0 Å². The van der Waals surface area contributed by atoms with E-state index in [1.54, 1.807) is 6.20 Å².